The molecule has 2 fully saturated rings. The maximum absolute atomic E-state index is 14.0. The molecule has 8 atom stereocenters. The average Bonchev–Trinajstić information content (AvgIpc) is 3.77. The molecule has 12 nitrogen and oxygen atoms in total. The number of hydrogen-bond donors (Lipinski definition) is 2. The predicted octanol–water partition coefficient (Wildman–Crippen LogP) is 4.51. The van der Waals surface area contributed by atoms with Crippen molar-refractivity contribution in [3.63, 3.8) is 0 Å². The second-order valence-electron chi connectivity index (χ2n) is 13.2. The highest BCUT2D eigenvalue weighted by Gasteiger charge is 2.64. The van der Waals surface area contributed by atoms with Crippen LogP contribution in [0.4, 0.5) is 10.5 Å². The number of benzene rings is 1. The van der Waals surface area contributed by atoms with Gasteiger partial charge in [-0.15, -0.1) is 0 Å². The van der Waals surface area contributed by atoms with Gasteiger partial charge in [-0.25, -0.2) is 9.59 Å². The molecule has 0 spiro atoms. The fourth-order valence-corrected chi connectivity index (χ4v) is 6.94. The summed E-state index contributed by atoms with van der Waals surface area (Å²) in [6.45, 7) is 7.22. The molecule has 0 radical (unpaired) electrons. The van der Waals surface area contributed by atoms with Crippen molar-refractivity contribution in [2.24, 2.45) is 5.92 Å². The lowest BCUT2D eigenvalue weighted by molar-refractivity contribution is -0.161. The summed E-state index contributed by atoms with van der Waals surface area (Å²) in [5.41, 5.74) is 1.19. The van der Waals surface area contributed by atoms with E-state index >= 15 is 0 Å². The molecule has 49 heavy (non-hydrogen) atoms. The molecule has 3 aliphatic heterocycles. The van der Waals surface area contributed by atoms with Crippen LogP contribution in [0.25, 0.3) is 0 Å². The third-order valence-electron chi connectivity index (χ3n) is 9.77. The van der Waals surface area contributed by atoms with Crippen molar-refractivity contribution in [2.75, 3.05) is 39.0 Å². The second kappa shape index (κ2) is 16.2. The fourth-order valence-electron chi connectivity index (χ4n) is 6.44. The van der Waals surface area contributed by atoms with Crippen LogP contribution >= 0.6 is 24.2 Å². The summed E-state index contributed by atoms with van der Waals surface area (Å²) < 4.78 is 29.4. The van der Waals surface area contributed by atoms with E-state index in [1.165, 1.54) is 24.0 Å². The molecule has 4 bridgehead atoms. The zero-order valence-corrected chi connectivity index (χ0v) is 31.0. The van der Waals surface area contributed by atoms with E-state index in [0.29, 0.717) is 30.0 Å². The van der Waals surface area contributed by atoms with E-state index in [1.807, 2.05) is 44.2 Å². The largest absolute Gasteiger partial charge is 0.495 e. The second-order valence-corrected chi connectivity index (χ2v) is 14.0. The molecule has 14 heteroatoms. The van der Waals surface area contributed by atoms with Crippen LogP contribution in [-0.2, 0) is 39.8 Å². The van der Waals surface area contributed by atoms with Gasteiger partial charge in [-0.2, -0.15) is 12.6 Å². The molecular weight excluding hydrogens is 674 g/mol. The smallest absolute Gasteiger partial charge is 0.407 e. The van der Waals surface area contributed by atoms with Crippen molar-refractivity contribution in [1.29, 1.82) is 0 Å². The number of rotatable bonds is 7. The number of halogens is 1. The van der Waals surface area contributed by atoms with Crippen LogP contribution in [0.3, 0.4) is 0 Å². The monoisotopic (exact) mass is 721 g/mol. The lowest BCUT2D eigenvalue weighted by Gasteiger charge is -2.36. The van der Waals surface area contributed by atoms with Crippen molar-refractivity contribution in [2.45, 2.75) is 95.5 Å². The van der Waals surface area contributed by atoms with E-state index in [-0.39, 0.29) is 35.7 Å². The number of esters is 1. The number of allylic oxidation sites excluding steroid dienone is 3. The van der Waals surface area contributed by atoms with Crippen LogP contribution in [0, 0.1) is 5.92 Å². The van der Waals surface area contributed by atoms with Crippen LogP contribution in [0.5, 0.6) is 5.75 Å². The number of fused-ring (bicyclic) bond motifs is 5. The minimum absolute atomic E-state index is 0.151. The van der Waals surface area contributed by atoms with Crippen molar-refractivity contribution in [3.05, 3.63) is 46.5 Å². The summed E-state index contributed by atoms with van der Waals surface area (Å²) in [6.07, 6.45) is 3.45. The Morgan fingerprint density at radius 2 is 1.98 bits per heavy atom. The maximum atomic E-state index is 14.0. The summed E-state index contributed by atoms with van der Waals surface area (Å²) in [5, 5.41) is 3.13. The van der Waals surface area contributed by atoms with Gasteiger partial charge < -0.3 is 38.8 Å². The molecule has 4 rings (SSSR count). The van der Waals surface area contributed by atoms with Crippen LogP contribution < -0.4 is 15.0 Å². The third-order valence-corrected chi connectivity index (χ3v) is 10.4. The number of nitrogens with one attached hydrogen (secondary N) is 1. The average molecular weight is 722 g/mol. The van der Waals surface area contributed by atoms with E-state index in [0.717, 1.165) is 11.1 Å². The lowest BCUT2D eigenvalue weighted by atomic mass is 9.84. The first kappa shape index (κ1) is 38.5. The molecule has 3 aliphatic rings. The van der Waals surface area contributed by atoms with Gasteiger partial charge in [0.05, 0.1) is 37.5 Å². The number of nitrogens with zero attached hydrogens (tertiary/aromatic N) is 2. The van der Waals surface area contributed by atoms with Crippen LogP contribution in [0.2, 0.25) is 5.02 Å². The van der Waals surface area contributed by atoms with Gasteiger partial charge in [0, 0.05) is 40.0 Å². The van der Waals surface area contributed by atoms with Gasteiger partial charge in [0.15, 0.2) is 0 Å². The Morgan fingerprint density at radius 1 is 1.27 bits per heavy atom. The van der Waals surface area contributed by atoms with Crippen LogP contribution in [0.15, 0.2) is 35.9 Å². The molecule has 0 aliphatic carbocycles. The molecule has 0 aromatic heterocycles. The first-order chi connectivity index (χ1) is 23.1. The Bertz CT molecular complexity index is 1490. The van der Waals surface area contributed by atoms with E-state index < -0.39 is 54.0 Å². The van der Waals surface area contributed by atoms with E-state index in [1.54, 1.807) is 28.0 Å². The summed E-state index contributed by atoms with van der Waals surface area (Å²) in [6, 6.07) is 2.34. The Labute approximate surface area is 298 Å². The number of likely N-dealkylation sites (N-methyl/N-ethyl adjacent to an activating group) is 1. The molecule has 2 saturated heterocycles. The molecule has 270 valence electrons. The molecule has 0 unspecified atom stereocenters. The first-order valence-corrected chi connectivity index (χ1v) is 17.4. The standard InChI is InChI=1S/C35H48ClN3O9S/c1-19-10-9-11-25(44-7)23-17-26(46-34(43)37-23)20(2)32-35(4,48-32)28(47-33(42)21(3)38(5)29(40)12-13-49)18-30(41)39(6)24-15-22(14-19)16-27(45-8)31(24)36/h9-11,15-16,20-21,23,25-26,28,32,49H,12-14,17-18H2,1-8H3,(H,37,43)/b11-9+,19-10+/t20-,21+,23-,25-,26+,28+,32+,35+/m1/s1. The van der Waals surface area contributed by atoms with Gasteiger partial charge in [0.2, 0.25) is 11.8 Å². The van der Waals surface area contributed by atoms with Crippen LogP contribution in [0.1, 0.15) is 52.5 Å². The zero-order valence-electron chi connectivity index (χ0n) is 29.4. The number of alkyl carbamates (subject to hydrolysis) is 1. The van der Waals surface area contributed by atoms with Crippen molar-refractivity contribution in [3.8, 4) is 5.75 Å². The molecule has 1 N–H and O–H groups in total. The molecule has 3 amide bonds. The maximum Gasteiger partial charge on any atom is 0.407 e. The van der Waals surface area contributed by atoms with E-state index in [4.69, 9.17) is 35.3 Å². The summed E-state index contributed by atoms with van der Waals surface area (Å²) >= 11 is 10.9. The van der Waals surface area contributed by atoms with Crippen LogP contribution in [-0.4, -0.2) is 105 Å². The van der Waals surface area contributed by atoms with Gasteiger partial charge in [0.25, 0.3) is 0 Å². The minimum Gasteiger partial charge on any atom is -0.495 e. The number of amides is 3. The minimum atomic E-state index is -1.11. The Morgan fingerprint density at radius 3 is 2.63 bits per heavy atom. The van der Waals surface area contributed by atoms with Crippen molar-refractivity contribution < 1.29 is 42.9 Å². The Kier molecular flexibility index (Phi) is 12.7. The van der Waals surface area contributed by atoms with E-state index in [2.05, 4.69) is 17.9 Å². The fraction of sp³-hybridized carbons (Fsp3) is 0.600. The summed E-state index contributed by atoms with van der Waals surface area (Å²) in [7, 11) is 6.21. The molecule has 1 aromatic rings. The molecular formula is C35H48ClN3O9S. The first-order valence-electron chi connectivity index (χ1n) is 16.4. The lowest BCUT2D eigenvalue weighted by Crippen LogP contribution is -2.53. The van der Waals surface area contributed by atoms with E-state index in [9.17, 15) is 19.2 Å². The topological polar surface area (TPSA) is 136 Å². The molecule has 3 heterocycles. The Balaban J connectivity index is 1.75. The zero-order chi connectivity index (χ0) is 36.2. The molecule has 1 aromatic carbocycles. The molecule has 0 saturated carbocycles. The number of epoxide rings is 1. The highest BCUT2D eigenvalue weighted by Crippen LogP contribution is 2.49. The van der Waals surface area contributed by atoms with Gasteiger partial charge in [-0.1, -0.05) is 42.3 Å². The quantitative estimate of drug-likeness (QED) is 0.237. The van der Waals surface area contributed by atoms with Gasteiger partial charge >= 0.3 is 12.1 Å². The third kappa shape index (κ3) is 8.73. The number of thiol groups is 1. The predicted molar refractivity (Wildman–Crippen MR) is 188 cm³/mol. The normalized spacial score (nSPS) is 31.2. The SMILES string of the molecule is COc1cc2cc(c1Cl)N(C)C(=O)C[C@H](OC(=O)[C@H](C)N(C)C(=O)CCS)[C@]1(C)O[C@H]1[C@H](C)[C@@H]1C[C@@H](NC(=O)O1)[C@H](OC)/C=C/C=C(\C)C2. The van der Waals surface area contributed by atoms with Gasteiger partial charge in [-0.05, 0) is 50.6 Å². The number of carbonyl (C=O) groups excluding carboxylic acids is 4. The Hall–Kier alpha value is -3.26. The van der Waals surface area contributed by atoms with Gasteiger partial charge in [-0.3, -0.25) is 9.59 Å². The number of carbonyl (C=O) groups is 4. The summed E-state index contributed by atoms with van der Waals surface area (Å²) in [4.78, 5) is 55.6. The van der Waals surface area contributed by atoms with Crippen molar-refractivity contribution >= 4 is 53.8 Å². The van der Waals surface area contributed by atoms with Gasteiger partial charge in [0.1, 0.15) is 34.6 Å². The summed E-state index contributed by atoms with van der Waals surface area (Å²) in [5.74, 6) is -0.958. The number of ether oxygens (including phenoxy) is 5. The number of hydrogen-bond acceptors (Lipinski definition) is 10. The van der Waals surface area contributed by atoms with Crippen molar-refractivity contribution in [1.82, 2.24) is 10.2 Å². The number of anilines is 1. The highest BCUT2D eigenvalue weighted by atomic mass is 35.5. The highest BCUT2D eigenvalue weighted by molar-refractivity contribution is 7.80. The number of methoxy groups -OCH3 is 2.